The number of morpholine rings is 1. The zero-order valence-electron chi connectivity index (χ0n) is 20.5. The highest BCUT2D eigenvalue weighted by molar-refractivity contribution is 7.99. The van der Waals surface area contributed by atoms with Crippen LogP contribution in [0, 0.1) is 29.6 Å². The van der Waals surface area contributed by atoms with Gasteiger partial charge in [-0.25, -0.2) is 15.0 Å². The first-order valence-corrected chi connectivity index (χ1v) is 12.8. The average Bonchev–Trinajstić information content (AvgIpc) is 3.34. The van der Waals surface area contributed by atoms with E-state index in [0.29, 0.717) is 13.0 Å². The predicted octanol–water partition coefficient (Wildman–Crippen LogP) is 4.35. The molecular weight excluding hydrogens is 482 g/mol. The van der Waals surface area contributed by atoms with Crippen LogP contribution in [0.25, 0.3) is 0 Å². The molecule has 0 unspecified atom stereocenters. The van der Waals surface area contributed by atoms with E-state index in [4.69, 9.17) is 15.0 Å². The zero-order valence-corrected chi connectivity index (χ0v) is 21.3. The Morgan fingerprint density at radius 2 is 1.68 bits per heavy atom. The van der Waals surface area contributed by atoms with Gasteiger partial charge < -0.3 is 14.2 Å². The molecule has 5 rings (SSSR count). The van der Waals surface area contributed by atoms with E-state index in [1.807, 2.05) is 43.5 Å². The van der Waals surface area contributed by atoms with Crippen molar-refractivity contribution in [3.05, 3.63) is 95.0 Å². The van der Waals surface area contributed by atoms with Crippen molar-refractivity contribution in [1.82, 2.24) is 19.5 Å². The lowest BCUT2D eigenvalue weighted by atomic mass is 10.1. The molecule has 1 aliphatic heterocycles. The topological polar surface area (TPSA) is 104 Å². The zero-order chi connectivity index (χ0) is 25.6. The van der Waals surface area contributed by atoms with E-state index in [1.54, 1.807) is 16.3 Å². The molecule has 2 aromatic carbocycles. The summed E-state index contributed by atoms with van der Waals surface area (Å²) in [5, 5.41) is 19.4. The Morgan fingerprint density at radius 3 is 2.38 bits per heavy atom. The number of anilines is 1. The fraction of sp³-hybridized carbons (Fsp3) is 0.250. The minimum Gasteiger partial charge on any atom is -0.378 e. The lowest BCUT2D eigenvalue weighted by Gasteiger charge is -2.28. The van der Waals surface area contributed by atoms with Crippen molar-refractivity contribution in [3.8, 4) is 12.1 Å². The first-order valence-electron chi connectivity index (χ1n) is 12.0. The van der Waals surface area contributed by atoms with E-state index in [9.17, 15) is 5.26 Å². The highest BCUT2D eigenvalue weighted by atomic mass is 32.2. The molecule has 0 N–H and O–H groups in total. The number of benzene rings is 2. The van der Waals surface area contributed by atoms with E-state index >= 15 is 0 Å². The molecule has 8 nitrogen and oxygen atoms in total. The number of hydrogen-bond acceptors (Lipinski definition) is 8. The number of ether oxygens (including phenoxy) is 1. The summed E-state index contributed by atoms with van der Waals surface area (Å²) in [6.45, 7) is 5.90. The van der Waals surface area contributed by atoms with Gasteiger partial charge >= 0.3 is 0 Å². The van der Waals surface area contributed by atoms with Gasteiger partial charge in [-0.2, -0.15) is 10.5 Å². The standard InChI is InChI=1S/C28H25N7OS/c1-20-17-31-27(14-21-2-6-23(7-3-21)34-10-12-36-13-11-34)33-28(20)37-24-8-4-22(5-9-24)18-35-19-32-25(15-29)26(35)16-30/h2-9,17,19H,10-14,18H2,1H3. The Bertz CT molecular complexity index is 1460. The quantitative estimate of drug-likeness (QED) is 0.340. The second-order valence-corrected chi connectivity index (χ2v) is 9.82. The highest BCUT2D eigenvalue weighted by Gasteiger charge is 2.13. The van der Waals surface area contributed by atoms with E-state index < -0.39 is 0 Å². The third-order valence-electron chi connectivity index (χ3n) is 6.19. The van der Waals surface area contributed by atoms with Crippen LogP contribution < -0.4 is 4.90 Å². The summed E-state index contributed by atoms with van der Waals surface area (Å²) in [6, 6.07) is 20.8. The molecule has 0 atom stereocenters. The normalized spacial score (nSPS) is 13.2. The Labute approximate surface area is 220 Å². The van der Waals surface area contributed by atoms with Crippen molar-refractivity contribution in [1.29, 1.82) is 10.5 Å². The SMILES string of the molecule is Cc1cnc(Cc2ccc(N3CCOCC3)cc2)nc1Sc1ccc(Cn2cnc(C#N)c2C#N)cc1. The molecule has 2 aromatic heterocycles. The summed E-state index contributed by atoms with van der Waals surface area (Å²) in [5.41, 5.74) is 4.87. The summed E-state index contributed by atoms with van der Waals surface area (Å²) in [6.07, 6.45) is 4.09. The molecule has 0 amide bonds. The molecule has 0 saturated carbocycles. The number of aryl methyl sites for hydroxylation is 1. The second-order valence-electron chi connectivity index (χ2n) is 8.76. The van der Waals surface area contributed by atoms with Crippen LogP contribution in [0.5, 0.6) is 0 Å². The lowest BCUT2D eigenvalue weighted by Crippen LogP contribution is -2.36. The van der Waals surface area contributed by atoms with Crippen molar-refractivity contribution in [2.75, 3.05) is 31.2 Å². The number of aromatic nitrogens is 4. The van der Waals surface area contributed by atoms with Crippen LogP contribution in [0.4, 0.5) is 5.69 Å². The maximum atomic E-state index is 9.33. The third-order valence-corrected chi connectivity index (χ3v) is 7.30. The monoisotopic (exact) mass is 507 g/mol. The van der Waals surface area contributed by atoms with Crippen LogP contribution in [-0.2, 0) is 17.7 Å². The van der Waals surface area contributed by atoms with Crippen LogP contribution in [-0.4, -0.2) is 45.8 Å². The number of imidazole rings is 1. The summed E-state index contributed by atoms with van der Waals surface area (Å²) >= 11 is 1.61. The number of nitriles is 2. The molecule has 4 aromatic rings. The number of hydrogen-bond donors (Lipinski definition) is 0. The van der Waals surface area contributed by atoms with Crippen LogP contribution in [0.1, 0.15) is 33.9 Å². The Morgan fingerprint density at radius 1 is 0.946 bits per heavy atom. The van der Waals surface area contributed by atoms with Crippen LogP contribution >= 0.6 is 11.8 Å². The molecule has 0 spiro atoms. The molecule has 0 bridgehead atoms. The van der Waals surface area contributed by atoms with Gasteiger partial charge in [0.2, 0.25) is 0 Å². The van der Waals surface area contributed by atoms with Crippen LogP contribution in [0.15, 0.2) is 71.0 Å². The minimum atomic E-state index is 0.151. The van der Waals surface area contributed by atoms with Crippen molar-refractivity contribution >= 4 is 17.4 Å². The third kappa shape index (κ3) is 5.80. The molecule has 0 aliphatic carbocycles. The molecule has 9 heteroatoms. The molecule has 1 aliphatic rings. The Hall–Kier alpha value is -4.18. The summed E-state index contributed by atoms with van der Waals surface area (Å²) < 4.78 is 7.14. The van der Waals surface area contributed by atoms with Gasteiger partial charge in [0, 0.05) is 42.8 Å². The maximum Gasteiger partial charge on any atom is 0.176 e. The number of rotatable bonds is 7. The van der Waals surface area contributed by atoms with E-state index in [1.165, 1.54) is 17.6 Å². The Balaban J connectivity index is 1.24. The van der Waals surface area contributed by atoms with E-state index in [-0.39, 0.29) is 11.4 Å². The van der Waals surface area contributed by atoms with Crippen molar-refractivity contribution in [3.63, 3.8) is 0 Å². The fourth-order valence-electron chi connectivity index (χ4n) is 4.15. The van der Waals surface area contributed by atoms with Crippen molar-refractivity contribution in [2.24, 2.45) is 0 Å². The summed E-state index contributed by atoms with van der Waals surface area (Å²) in [4.78, 5) is 16.8. The van der Waals surface area contributed by atoms with Gasteiger partial charge in [-0.05, 0) is 47.9 Å². The minimum absolute atomic E-state index is 0.151. The van der Waals surface area contributed by atoms with Gasteiger partial charge in [0.25, 0.3) is 0 Å². The van der Waals surface area contributed by atoms with E-state index in [2.05, 4.69) is 45.2 Å². The maximum absolute atomic E-state index is 9.33. The van der Waals surface area contributed by atoms with Gasteiger partial charge in [-0.1, -0.05) is 36.0 Å². The van der Waals surface area contributed by atoms with Gasteiger partial charge in [0.05, 0.1) is 19.5 Å². The van der Waals surface area contributed by atoms with Gasteiger partial charge in [-0.15, -0.1) is 0 Å². The lowest BCUT2D eigenvalue weighted by molar-refractivity contribution is 0.122. The van der Waals surface area contributed by atoms with Gasteiger partial charge in [0.1, 0.15) is 23.0 Å². The Kier molecular flexibility index (Phi) is 7.46. The fourth-order valence-corrected chi connectivity index (χ4v) is 5.01. The highest BCUT2D eigenvalue weighted by Crippen LogP contribution is 2.29. The van der Waals surface area contributed by atoms with Crippen molar-refractivity contribution in [2.45, 2.75) is 29.8 Å². The molecule has 37 heavy (non-hydrogen) atoms. The first-order chi connectivity index (χ1) is 18.1. The van der Waals surface area contributed by atoms with Gasteiger partial charge in [0.15, 0.2) is 11.4 Å². The van der Waals surface area contributed by atoms with Crippen LogP contribution in [0.2, 0.25) is 0 Å². The van der Waals surface area contributed by atoms with Crippen LogP contribution in [0.3, 0.4) is 0 Å². The average molecular weight is 508 g/mol. The summed E-state index contributed by atoms with van der Waals surface area (Å²) in [5.74, 6) is 0.793. The largest absolute Gasteiger partial charge is 0.378 e. The smallest absolute Gasteiger partial charge is 0.176 e. The predicted molar refractivity (Wildman–Crippen MR) is 140 cm³/mol. The molecule has 1 saturated heterocycles. The van der Waals surface area contributed by atoms with E-state index in [0.717, 1.165) is 53.2 Å². The molecule has 0 radical (unpaired) electrons. The molecule has 184 valence electrons. The molecule has 3 heterocycles. The van der Waals surface area contributed by atoms with Gasteiger partial charge in [-0.3, -0.25) is 0 Å². The summed E-state index contributed by atoms with van der Waals surface area (Å²) in [7, 11) is 0. The number of nitrogens with zero attached hydrogens (tertiary/aromatic N) is 7. The second kappa shape index (κ2) is 11.3. The first kappa shape index (κ1) is 24.5. The molecular formula is C28H25N7OS. The van der Waals surface area contributed by atoms with Crippen molar-refractivity contribution < 1.29 is 4.74 Å². The molecule has 1 fully saturated rings.